The number of esters is 1. The maximum absolute atomic E-state index is 13.4. The molecule has 0 bridgehead atoms. The molecule has 2 aromatic carbocycles. The van der Waals surface area contributed by atoms with Gasteiger partial charge in [0.2, 0.25) is 0 Å². The zero-order chi connectivity index (χ0) is 24.7. The minimum atomic E-state index is -0.233. The average Bonchev–Trinajstić information content (AvgIpc) is 3.13. The maximum atomic E-state index is 13.4. The number of carbonyl (C=O) groups is 2. The number of nitrogens with zero attached hydrogens (tertiary/aromatic N) is 4. The van der Waals surface area contributed by atoms with E-state index in [1.165, 1.54) is 7.11 Å². The van der Waals surface area contributed by atoms with Crippen LogP contribution in [-0.4, -0.2) is 65.8 Å². The normalized spacial score (nSPS) is 11.0. The Bertz CT molecular complexity index is 1100. The monoisotopic (exact) mass is 462 g/mol. The Morgan fingerprint density at radius 1 is 0.971 bits per heavy atom. The molecular formula is C27H34N4O3. The smallest absolute Gasteiger partial charge is 0.305 e. The standard InChI is InChI=1S/C27H34N4O3/c1-20-25(15-16-26(32)34-5)21(2)31(28-20)24-13-11-23(12-14-24)27(33)30(18-17-29(3)4)19-22-9-7-6-8-10-22/h6-14H,15-19H2,1-5H3. The second-order valence-corrected chi connectivity index (χ2v) is 8.70. The fourth-order valence-corrected chi connectivity index (χ4v) is 3.92. The molecule has 0 N–H and O–H groups in total. The topological polar surface area (TPSA) is 67.7 Å². The van der Waals surface area contributed by atoms with Crippen LogP contribution in [0.1, 0.15) is 39.3 Å². The fraction of sp³-hybridized carbons (Fsp3) is 0.370. The summed E-state index contributed by atoms with van der Waals surface area (Å²) in [5.74, 6) is -0.229. The minimum Gasteiger partial charge on any atom is -0.469 e. The van der Waals surface area contributed by atoms with Crippen LogP contribution in [0.15, 0.2) is 54.6 Å². The van der Waals surface area contributed by atoms with Crippen molar-refractivity contribution in [3.8, 4) is 5.69 Å². The van der Waals surface area contributed by atoms with Crippen molar-refractivity contribution < 1.29 is 14.3 Å². The number of benzene rings is 2. The number of methoxy groups -OCH3 is 1. The summed E-state index contributed by atoms with van der Waals surface area (Å²) in [5.41, 5.74) is 5.54. The van der Waals surface area contributed by atoms with E-state index in [0.29, 0.717) is 31.5 Å². The molecule has 0 fully saturated rings. The fourth-order valence-electron chi connectivity index (χ4n) is 3.92. The lowest BCUT2D eigenvalue weighted by Gasteiger charge is -2.25. The summed E-state index contributed by atoms with van der Waals surface area (Å²) in [4.78, 5) is 28.9. The van der Waals surface area contributed by atoms with Crippen LogP contribution in [0.5, 0.6) is 0 Å². The average molecular weight is 463 g/mol. The minimum absolute atomic E-state index is 0.00406. The van der Waals surface area contributed by atoms with E-state index in [1.807, 2.05) is 92.1 Å². The summed E-state index contributed by atoms with van der Waals surface area (Å²) in [6.07, 6.45) is 0.905. The molecule has 1 amide bonds. The zero-order valence-electron chi connectivity index (χ0n) is 20.7. The highest BCUT2D eigenvalue weighted by Crippen LogP contribution is 2.21. The van der Waals surface area contributed by atoms with Crippen molar-refractivity contribution in [3.63, 3.8) is 0 Å². The molecule has 7 heteroatoms. The SMILES string of the molecule is COC(=O)CCc1c(C)nn(-c2ccc(C(=O)N(CCN(C)C)Cc3ccccc3)cc2)c1C. The number of amides is 1. The molecule has 0 aliphatic carbocycles. The molecule has 0 aliphatic rings. The van der Waals surface area contributed by atoms with Crippen LogP contribution < -0.4 is 0 Å². The molecule has 0 radical (unpaired) electrons. The lowest BCUT2D eigenvalue weighted by Crippen LogP contribution is -2.36. The third-order valence-electron chi connectivity index (χ3n) is 5.93. The second-order valence-electron chi connectivity index (χ2n) is 8.70. The van der Waals surface area contributed by atoms with Crippen LogP contribution in [0, 0.1) is 13.8 Å². The molecule has 34 heavy (non-hydrogen) atoms. The van der Waals surface area contributed by atoms with Crippen LogP contribution in [0.2, 0.25) is 0 Å². The summed E-state index contributed by atoms with van der Waals surface area (Å²) in [5, 5.41) is 4.66. The Kier molecular flexibility index (Phi) is 8.60. The van der Waals surface area contributed by atoms with Crippen molar-refractivity contribution in [1.29, 1.82) is 0 Å². The van der Waals surface area contributed by atoms with Crippen LogP contribution in [0.3, 0.4) is 0 Å². The van der Waals surface area contributed by atoms with Crippen LogP contribution >= 0.6 is 0 Å². The summed E-state index contributed by atoms with van der Waals surface area (Å²) in [6.45, 7) is 5.94. The largest absolute Gasteiger partial charge is 0.469 e. The number of hydrogen-bond donors (Lipinski definition) is 0. The van der Waals surface area contributed by atoms with Crippen LogP contribution in [0.25, 0.3) is 5.69 Å². The van der Waals surface area contributed by atoms with Gasteiger partial charge in [-0.25, -0.2) is 4.68 Å². The van der Waals surface area contributed by atoms with Gasteiger partial charge < -0.3 is 14.5 Å². The lowest BCUT2D eigenvalue weighted by atomic mass is 10.1. The van der Waals surface area contributed by atoms with Crippen molar-refractivity contribution in [2.75, 3.05) is 34.3 Å². The molecule has 1 aromatic heterocycles. The molecule has 7 nitrogen and oxygen atoms in total. The number of aryl methyl sites for hydroxylation is 1. The van der Waals surface area contributed by atoms with Gasteiger partial charge in [-0.05, 0) is 69.8 Å². The zero-order valence-corrected chi connectivity index (χ0v) is 20.7. The lowest BCUT2D eigenvalue weighted by molar-refractivity contribution is -0.140. The Hall–Kier alpha value is -3.45. The van der Waals surface area contributed by atoms with E-state index in [2.05, 4.69) is 10.00 Å². The third kappa shape index (κ3) is 6.32. The van der Waals surface area contributed by atoms with Gasteiger partial charge in [0.05, 0.1) is 18.5 Å². The summed E-state index contributed by atoms with van der Waals surface area (Å²) in [7, 11) is 5.41. The van der Waals surface area contributed by atoms with Gasteiger partial charge in [0.25, 0.3) is 5.91 Å². The number of ether oxygens (including phenoxy) is 1. The van der Waals surface area contributed by atoms with Gasteiger partial charge in [0.15, 0.2) is 0 Å². The van der Waals surface area contributed by atoms with Gasteiger partial charge in [0.1, 0.15) is 0 Å². The first-order valence-corrected chi connectivity index (χ1v) is 11.5. The molecule has 1 heterocycles. The van der Waals surface area contributed by atoms with E-state index >= 15 is 0 Å². The van der Waals surface area contributed by atoms with Crippen molar-refractivity contribution in [2.45, 2.75) is 33.2 Å². The quantitative estimate of drug-likeness (QED) is 0.429. The van der Waals surface area contributed by atoms with E-state index in [9.17, 15) is 9.59 Å². The Morgan fingerprint density at radius 2 is 1.65 bits per heavy atom. The highest BCUT2D eigenvalue weighted by atomic mass is 16.5. The predicted molar refractivity (Wildman–Crippen MR) is 133 cm³/mol. The van der Waals surface area contributed by atoms with Gasteiger partial charge >= 0.3 is 5.97 Å². The van der Waals surface area contributed by atoms with E-state index in [1.54, 1.807) is 0 Å². The molecule has 0 spiro atoms. The van der Waals surface area contributed by atoms with Gasteiger partial charge in [-0.15, -0.1) is 0 Å². The van der Waals surface area contributed by atoms with Gasteiger partial charge in [-0.3, -0.25) is 9.59 Å². The highest BCUT2D eigenvalue weighted by Gasteiger charge is 2.18. The summed E-state index contributed by atoms with van der Waals surface area (Å²) < 4.78 is 6.63. The van der Waals surface area contributed by atoms with Crippen molar-refractivity contribution in [3.05, 3.63) is 82.7 Å². The number of carbonyl (C=O) groups excluding carboxylic acids is 2. The number of hydrogen-bond acceptors (Lipinski definition) is 5. The molecule has 0 saturated carbocycles. The number of aromatic nitrogens is 2. The first-order chi connectivity index (χ1) is 16.3. The molecule has 3 aromatic rings. The van der Waals surface area contributed by atoms with E-state index < -0.39 is 0 Å². The van der Waals surface area contributed by atoms with Crippen molar-refractivity contribution in [1.82, 2.24) is 19.6 Å². The molecule has 180 valence electrons. The molecule has 0 unspecified atom stereocenters. The Morgan fingerprint density at radius 3 is 2.26 bits per heavy atom. The summed E-state index contributed by atoms with van der Waals surface area (Å²) >= 11 is 0. The Balaban J connectivity index is 1.79. The van der Waals surface area contributed by atoms with Crippen molar-refractivity contribution >= 4 is 11.9 Å². The van der Waals surface area contributed by atoms with E-state index in [-0.39, 0.29) is 11.9 Å². The highest BCUT2D eigenvalue weighted by molar-refractivity contribution is 5.94. The molecule has 0 atom stereocenters. The van der Waals surface area contributed by atoms with Gasteiger partial charge in [0, 0.05) is 37.3 Å². The predicted octanol–water partition coefficient (Wildman–Crippen LogP) is 3.80. The molecule has 0 aliphatic heterocycles. The first-order valence-electron chi connectivity index (χ1n) is 11.5. The number of likely N-dealkylation sites (N-methyl/N-ethyl adjacent to an activating group) is 1. The van der Waals surface area contributed by atoms with Gasteiger partial charge in [-0.1, -0.05) is 30.3 Å². The van der Waals surface area contributed by atoms with Crippen LogP contribution in [-0.2, 0) is 22.5 Å². The van der Waals surface area contributed by atoms with E-state index in [4.69, 9.17) is 4.74 Å². The second kappa shape index (κ2) is 11.6. The first kappa shape index (κ1) is 25.2. The molecule has 3 rings (SSSR count). The molecular weight excluding hydrogens is 428 g/mol. The number of rotatable bonds is 10. The van der Waals surface area contributed by atoms with E-state index in [0.717, 1.165) is 34.7 Å². The maximum Gasteiger partial charge on any atom is 0.305 e. The Labute approximate surface area is 201 Å². The van der Waals surface area contributed by atoms with Crippen molar-refractivity contribution in [2.24, 2.45) is 0 Å². The summed E-state index contributed by atoms with van der Waals surface area (Å²) in [6, 6.07) is 17.6. The molecule has 0 saturated heterocycles. The van der Waals surface area contributed by atoms with Gasteiger partial charge in [-0.2, -0.15) is 5.10 Å². The third-order valence-corrected chi connectivity index (χ3v) is 5.93. The van der Waals surface area contributed by atoms with Crippen LogP contribution in [0.4, 0.5) is 0 Å².